The fourth-order valence-corrected chi connectivity index (χ4v) is 2.49. The highest BCUT2D eigenvalue weighted by molar-refractivity contribution is 5.98. The van der Waals surface area contributed by atoms with Crippen molar-refractivity contribution in [3.05, 3.63) is 23.9 Å². The highest BCUT2D eigenvalue weighted by Crippen LogP contribution is 2.10. The van der Waals surface area contributed by atoms with Crippen LogP contribution in [0.2, 0.25) is 0 Å². The van der Waals surface area contributed by atoms with E-state index in [1.54, 1.807) is 18.3 Å². The van der Waals surface area contributed by atoms with Crippen LogP contribution in [0.4, 0.5) is 5.82 Å². The van der Waals surface area contributed by atoms with Gasteiger partial charge >= 0.3 is 0 Å². The third kappa shape index (κ3) is 3.92. The topological polar surface area (TPSA) is 71.2 Å². The smallest absolute Gasteiger partial charge is 0.255 e. The molecule has 0 radical (unpaired) electrons. The molecular formula is C14H22N4O. The van der Waals surface area contributed by atoms with Gasteiger partial charge in [0, 0.05) is 18.8 Å². The van der Waals surface area contributed by atoms with E-state index in [4.69, 9.17) is 5.73 Å². The van der Waals surface area contributed by atoms with Gasteiger partial charge in [-0.15, -0.1) is 0 Å². The molecule has 0 aromatic carbocycles. The minimum atomic E-state index is -0.143. The third-order valence-corrected chi connectivity index (χ3v) is 3.44. The van der Waals surface area contributed by atoms with Crippen molar-refractivity contribution < 1.29 is 4.79 Å². The monoisotopic (exact) mass is 262 g/mol. The van der Waals surface area contributed by atoms with Gasteiger partial charge in [-0.3, -0.25) is 4.79 Å². The highest BCUT2D eigenvalue weighted by atomic mass is 16.1. The van der Waals surface area contributed by atoms with E-state index in [1.165, 1.54) is 19.3 Å². The van der Waals surface area contributed by atoms with Crippen molar-refractivity contribution in [1.29, 1.82) is 0 Å². The second-order valence-corrected chi connectivity index (χ2v) is 5.17. The molecule has 0 spiro atoms. The first kappa shape index (κ1) is 13.8. The number of rotatable bonds is 4. The zero-order chi connectivity index (χ0) is 13.7. The number of nitrogens with two attached hydrogens (primary N) is 1. The van der Waals surface area contributed by atoms with Crippen LogP contribution >= 0.6 is 0 Å². The molecule has 2 heterocycles. The zero-order valence-corrected chi connectivity index (χ0v) is 11.4. The van der Waals surface area contributed by atoms with E-state index in [1.807, 2.05) is 6.92 Å². The first-order valence-corrected chi connectivity index (χ1v) is 6.90. The fourth-order valence-electron chi connectivity index (χ4n) is 2.49. The van der Waals surface area contributed by atoms with Gasteiger partial charge in [-0.2, -0.15) is 0 Å². The van der Waals surface area contributed by atoms with E-state index in [-0.39, 0.29) is 17.8 Å². The molecule has 1 aromatic rings. The number of carbonyl (C=O) groups is 1. The Morgan fingerprint density at radius 1 is 1.47 bits per heavy atom. The molecule has 1 saturated heterocycles. The minimum absolute atomic E-state index is 0.116. The lowest BCUT2D eigenvalue weighted by atomic mass is 10.1. The van der Waals surface area contributed by atoms with E-state index in [0.29, 0.717) is 5.56 Å². The molecule has 5 heteroatoms. The van der Waals surface area contributed by atoms with Crippen LogP contribution in [-0.2, 0) is 0 Å². The first-order chi connectivity index (χ1) is 9.16. The molecule has 1 aliphatic rings. The van der Waals surface area contributed by atoms with Gasteiger partial charge in [-0.25, -0.2) is 4.98 Å². The standard InChI is InChI=1S/C14H22N4O/c1-11(10-18-8-3-2-4-9-18)17-14(19)12-6-5-7-16-13(12)15/h5-7,11H,2-4,8-10H2,1H3,(H2,15,16)(H,17,19). The number of hydrogen-bond donors (Lipinski definition) is 2. The molecule has 0 saturated carbocycles. The fraction of sp³-hybridized carbons (Fsp3) is 0.571. The van der Waals surface area contributed by atoms with Crippen LogP contribution in [0.5, 0.6) is 0 Å². The van der Waals surface area contributed by atoms with E-state index >= 15 is 0 Å². The maximum atomic E-state index is 12.1. The van der Waals surface area contributed by atoms with Crippen molar-refractivity contribution in [3.8, 4) is 0 Å². The molecule has 3 N–H and O–H groups in total. The van der Waals surface area contributed by atoms with E-state index in [9.17, 15) is 4.79 Å². The second kappa shape index (κ2) is 6.52. The minimum Gasteiger partial charge on any atom is -0.383 e. The van der Waals surface area contributed by atoms with Crippen molar-refractivity contribution in [2.75, 3.05) is 25.4 Å². The number of carbonyl (C=O) groups excluding carboxylic acids is 1. The Bertz CT molecular complexity index is 429. The normalized spacial score (nSPS) is 17.9. The first-order valence-electron chi connectivity index (χ1n) is 6.90. The average Bonchev–Trinajstić information content (AvgIpc) is 2.40. The Labute approximate surface area is 114 Å². The number of aromatic nitrogens is 1. The van der Waals surface area contributed by atoms with Gasteiger partial charge in [-0.1, -0.05) is 6.42 Å². The summed E-state index contributed by atoms with van der Waals surface area (Å²) in [5.74, 6) is 0.139. The summed E-state index contributed by atoms with van der Waals surface area (Å²) in [4.78, 5) is 18.4. The van der Waals surface area contributed by atoms with E-state index in [2.05, 4.69) is 15.2 Å². The van der Waals surface area contributed by atoms with Crippen LogP contribution < -0.4 is 11.1 Å². The number of pyridine rings is 1. The summed E-state index contributed by atoms with van der Waals surface area (Å²) in [5.41, 5.74) is 6.15. The molecule has 1 unspecified atom stereocenters. The molecule has 1 atom stereocenters. The Kier molecular flexibility index (Phi) is 4.74. The van der Waals surface area contributed by atoms with Crippen molar-refractivity contribution in [2.24, 2.45) is 0 Å². The van der Waals surface area contributed by atoms with Crippen LogP contribution in [0, 0.1) is 0 Å². The molecule has 0 aliphatic carbocycles. The molecular weight excluding hydrogens is 240 g/mol. The summed E-state index contributed by atoms with van der Waals surface area (Å²) in [6, 6.07) is 3.54. The van der Waals surface area contributed by atoms with Gasteiger partial charge in [0.25, 0.3) is 5.91 Å². The van der Waals surface area contributed by atoms with E-state index in [0.717, 1.165) is 19.6 Å². The predicted octanol–water partition coefficient (Wildman–Crippen LogP) is 1.27. The number of nitrogen functional groups attached to an aromatic ring is 1. The van der Waals surface area contributed by atoms with Gasteiger partial charge in [-0.05, 0) is 45.0 Å². The lowest BCUT2D eigenvalue weighted by molar-refractivity contribution is 0.0926. The van der Waals surface area contributed by atoms with Crippen LogP contribution in [0.3, 0.4) is 0 Å². The number of hydrogen-bond acceptors (Lipinski definition) is 4. The average molecular weight is 262 g/mol. The van der Waals surface area contributed by atoms with E-state index < -0.39 is 0 Å². The van der Waals surface area contributed by atoms with Gasteiger partial charge in [0.2, 0.25) is 0 Å². The van der Waals surface area contributed by atoms with Gasteiger partial charge in [0.1, 0.15) is 5.82 Å². The molecule has 19 heavy (non-hydrogen) atoms. The van der Waals surface area contributed by atoms with Crippen molar-refractivity contribution in [3.63, 3.8) is 0 Å². The third-order valence-electron chi connectivity index (χ3n) is 3.44. The van der Waals surface area contributed by atoms with Crippen molar-refractivity contribution >= 4 is 11.7 Å². The molecule has 0 bridgehead atoms. The second-order valence-electron chi connectivity index (χ2n) is 5.17. The summed E-state index contributed by atoms with van der Waals surface area (Å²) in [5, 5.41) is 2.98. The largest absolute Gasteiger partial charge is 0.383 e. The number of likely N-dealkylation sites (tertiary alicyclic amines) is 1. The summed E-state index contributed by atoms with van der Waals surface area (Å²) >= 11 is 0. The number of piperidine rings is 1. The molecule has 1 amide bonds. The van der Waals surface area contributed by atoms with Crippen LogP contribution in [0.15, 0.2) is 18.3 Å². The SMILES string of the molecule is CC(CN1CCCCC1)NC(=O)c1cccnc1N. The molecule has 2 rings (SSSR count). The van der Waals surface area contributed by atoms with Gasteiger partial charge in [0.05, 0.1) is 5.56 Å². The summed E-state index contributed by atoms with van der Waals surface area (Å²) in [7, 11) is 0. The Balaban J connectivity index is 1.86. The molecule has 1 aliphatic heterocycles. The quantitative estimate of drug-likeness (QED) is 0.857. The number of anilines is 1. The van der Waals surface area contributed by atoms with Crippen molar-refractivity contribution in [2.45, 2.75) is 32.2 Å². The summed E-state index contributed by atoms with van der Waals surface area (Å²) < 4.78 is 0. The molecule has 1 fully saturated rings. The lowest BCUT2D eigenvalue weighted by Gasteiger charge is -2.29. The molecule has 5 nitrogen and oxygen atoms in total. The predicted molar refractivity (Wildman–Crippen MR) is 75.9 cm³/mol. The summed E-state index contributed by atoms with van der Waals surface area (Å²) in [6.07, 6.45) is 5.43. The van der Waals surface area contributed by atoms with Gasteiger partial charge < -0.3 is 16.0 Å². The van der Waals surface area contributed by atoms with Gasteiger partial charge in [0.15, 0.2) is 0 Å². The van der Waals surface area contributed by atoms with Crippen molar-refractivity contribution in [1.82, 2.24) is 15.2 Å². The maximum absolute atomic E-state index is 12.1. The number of nitrogens with one attached hydrogen (secondary N) is 1. The Morgan fingerprint density at radius 2 is 2.21 bits per heavy atom. The van der Waals surface area contributed by atoms with Crippen LogP contribution in [-0.4, -0.2) is 41.5 Å². The highest BCUT2D eigenvalue weighted by Gasteiger charge is 2.16. The number of nitrogens with zero attached hydrogens (tertiary/aromatic N) is 2. The maximum Gasteiger partial charge on any atom is 0.255 e. The molecule has 1 aromatic heterocycles. The zero-order valence-electron chi connectivity index (χ0n) is 11.4. The van der Waals surface area contributed by atoms with Crippen LogP contribution in [0.1, 0.15) is 36.5 Å². The Hall–Kier alpha value is -1.62. The number of amides is 1. The molecule has 104 valence electrons. The lowest BCUT2D eigenvalue weighted by Crippen LogP contribution is -2.43. The summed E-state index contributed by atoms with van der Waals surface area (Å²) in [6.45, 7) is 5.19. The Morgan fingerprint density at radius 3 is 2.89 bits per heavy atom. The van der Waals surface area contributed by atoms with Crippen LogP contribution in [0.25, 0.3) is 0 Å².